The third-order valence-corrected chi connectivity index (χ3v) is 4.78. The molecule has 122 valence electrons. The molecule has 2 aromatic rings. The van der Waals surface area contributed by atoms with Crippen molar-refractivity contribution in [3.05, 3.63) is 65.7 Å². The SMILES string of the molecule is COc1ccc(C2C(CO)CCCN2Cc2ccccc2)cc1. The van der Waals surface area contributed by atoms with E-state index in [0.717, 1.165) is 31.7 Å². The first-order valence-electron chi connectivity index (χ1n) is 8.34. The van der Waals surface area contributed by atoms with Crippen molar-refractivity contribution in [3.8, 4) is 5.75 Å². The Labute approximate surface area is 138 Å². The average Bonchev–Trinajstić information content (AvgIpc) is 2.62. The number of aliphatic hydroxyl groups is 1. The molecule has 2 atom stereocenters. The Kier molecular flexibility index (Phi) is 5.31. The molecule has 3 heteroatoms. The average molecular weight is 311 g/mol. The predicted octanol–water partition coefficient (Wildman–Crippen LogP) is 3.64. The van der Waals surface area contributed by atoms with Crippen LogP contribution in [0.4, 0.5) is 0 Å². The zero-order valence-electron chi connectivity index (χ0n) is 13.7. The first-order chi connectivity index (χ1) is 11.3. The molecule has 0 radical (unpaired) electrons. The zero-order chi connectivity index (χ0) is 16.1. The van der Waals surface area contributed by atoms with Gasteiger partial charge in [-0.3, -0.25) is 4.90 Å². The number of hydrogen-bond donors (Lipinski definition) is 1. The maximum Gasteiger partial charge on any atom is 0.118 e. The second kappa shape index (κ2) is 7.62. The van der Waals surface area contributed by atoms with Crippen molar-refractivity contribution in [2.45, 2.75) is 25.4 Å². The van der Waals surface area contributed by atoms with Gasteiger partial charge in [0.15, 0.2) is 0 Å². The molecular formula is C20H25NO2. The molecule has 23 heavy (non-hydrogen) atoms. The van der Waals surface area contributed by atoms with Crippen molar-refractivity contribution in [2.24, 2.45) is 5.92 Å². The Morgan fingerprint density at radius 3 is 2.48 bits per heavy atom. The van der Waals surface area contributed by atoms with Crippen LogP contribution in [-0.2, 0) is 6.54 Å². The number of nitrogens with zero attached hydrogens (tertiary/aromatic N) is 1. The largest absolute Gasteiger partial charge is 0.497 e. The van der Waals surface area contributed by atoms with Crippen molar-refractivity contribution >= 4 is 0 Å². The molecule has 2 unspecified atom stereocenters. The summed E-state index contributed by atoms with van der Waals surface area (Å²) in [5, 5.41) is 9.86. The van der Waals surface area contributed by atoms with Gasteiger partial charge in [0, 0.05) is 25.1 Å². The van der Waals surface area contributed by atoms with Gasteiger partial charge in [0.25, 0.3) is 0 Å². The van der Waals surface area contributed by atoms with Gasteiger partial charge in [-0.25, -0.2) is 0 Å². The molecule has 0 spiro atoms. The molecule has 0 aromatic heterocycles. The monoisotopic (exact) mass is 311 g/mol. The van der Waals surface area contributed by atoms with Gasteiger partial charge in [0.1, 0.15) is 5.75 Å². The van der Waals surface area contributed by atoms with Gasteiger partial charge in [-0.05, 0) is 42.6 Å². The fourth-order valence-corrected chi connectivity index (χ4v) is 3.62. The van der Waals surface area contributed by atoms with E-state index in [-0.39, 0.29) is 12.6 Å². The topological polar surface area (TPSA) is 32.7 Å². The first-order valence-corrected chi connectivity index (χ1v) is 8.34. The lowest BCUT2D eigenvalue weighted by Gasteiger charge is -2.41. The number of ether oxygens (including phenoxy) is 1. The maximum absolute atomic E-state index is 9.86. The lowest BCUT2D eigenvalue weighted by atomic mass is 9.85. The molecular weight excluding hydrogens is 286 g/mol. The molecule has 1 fully saturated rings. The summed E-state index contributed by atoms with van der Waals surface area (Å²) in [4.78, 5) is 2.50. The maximum atomic E-state index is 9.86. The van der Waals surface area contributed by atoms with Crippen LogP contribution in [0.1, 0.15) is 30.0 Å². The fraction of sp³-hybridized carbons (Fsp3) is 0.400. The van der Waals surface area contributed by atoms with Crippen LogP contribution in [0.25, 0.3) is 0 Å². The summed E-state index contributed by atoms with van der Waals surface area (Å²) in [5.74, 6) is 1.17. The van der Waals surface area contributed by atoms with E-state index >= 15 is 0 Å². The summed E-state index contributed by atoms with van der Waals surface area (Å²) in [6, 6.07) is 19.1. The molecule has 2 aromatic carbocycles. The van der Waals surface area contributed by atoms with Crippen LogP contribution in [0.3, 0.4) is 0 Å². The third kappa shape index (κ3) is 3.74. The minimum atomic E-state index is 0.238. The van der Waals surface area contributed by atoms with Gasteiger partial charge in [-0.15, -0.1) is 0 Å². The number of piperidine rings is 1. The van der Waals surface area contributed by atoms with Gasteiger partial charge in [0.05, 0.1) is 7.11 Å². The number of benzene rings is 2. The summed E-state index contributed by atoms with van der Waals surface area (Å²) < 4.78 is 5.27. The van der Waals surface area contributed by atoms with E-state index in [9.17, 15) is 5.11 Å². The standard InChI is InChI=1S/C20H25NO2/c1-23-19-11-9-17(10-12-19)20-18(15-22)8-5-13-21(20)14-16-6-3-2-4-7-16/h2-4,6-7,9-12,18,20,22H,5,8,13-15H2,1H3. The number of aliphatic hydroxyl groups excluding tert-OH is 1. The van der Waals surface area contributed by atoms with E-state index in [0.29, 0.717) is 5.92 Å². The second-order valence-corrected chi connectivity index (χ2v) is 6.26. The number of methoxy groups -OCH3 is 1. The summed E-state index contributed by atoms with van der Waals surface area (Å²) in [5.41, 5.74) is 2.59. The molecule has 0 bridgehead atoms. The van der Waals surface area contributed by atoms with Crippen molar-refractivity contribution < 1.29 is 9.84 Å². The number of likely N-dealkylation sites (tertiary alicyclic amines) is 1. The Balaban J connectivity index is 1.85. The molecule has 1 saturated heterocycles. The highest BCUT2D eigenvalue weighted by Gasteiger charge is 2.32. The third-order valence-electron chi connectivity index (χ3n) is 4.78. The zero-order valence-corrected chi connectivity index (χ0v) is 13.7. The van der Waals surface area contributed by atoms with Crippen LogP contribution in [-0.4, -0.2) is 30.3 Å². The van der Waals surface area contributed by atoms with Gasteiger partial charge in [-0.2, -0.15) is 0 Å². The van der Waals surface area contributed by atoms with Crippen LogP contribution in [0.15, 0.2) is 54.6 Å². The highest BCUT2D eigenvalue weighted by molar-refractivity contribution is 5.30. The van der Waals surface area contributed by atoms with Crippen LogP contribution >= 0.6 is 0 Å². The van der Waals surface area contributed by atoms with Crippen molar-refractivity contribution in [2.75, 3.05) is 20.3 Å². The summed E-state index contributed by atoms with van der Waals surface area (Å²) in [7, 11) is 1.69. The van der Waals surface area contributed by atoms with E-state index in [1.54, 1.807) is 7.11 Å². The quantitative estimate of drug-likeness (QED) is 0.915. The number of hydrogen-bond acceptors (Lipinski definition) is 3. The van der Waals surface area contributed by atoms with E-state index in [1.807, 2.05) is 12.1 Å². The molecule has 3 nitrogen and oxygen atoms in total. The van der Waals surface area contributed by atoms with E-state index in [2.05, 4.69) is 47.4 Å². The van der Waals surface area contributed by atoms with Crippen LogP contribution in [0.2, 0.25) is 0 Å². The molecule has 0 saturated carbocycles. The molecule has 1 aliphatic rings. The Morgan fingerprint density at radius 1 is 1.09 bits per heavy atom. The minimum absolute atomic E-state index is 0.238. The first kappa shape index (κ1) is 16.0. The summed E-state index contributed by atoms with van der Waals surface area (Å²) in [6.07, 6.45) is 2.23. The highest BCUT2D eigenvalue weighted by Crippen LogP contribution is 2.37. The van der Waals surface area contributed by atoms with Gasteiger partial charge in [-0.1, -0.05) is 42.5 Å². The van der Waals surface area contributed by atoms with Crippen LogP contribution in [0, 0.1) is 5.92 Å². The Morgan fingerprint density at radius 2 is 1.83 bits per heavy atom. The van der Waals surface area contributed by atoms with Gasteiger partial charge >= 0.3 is 0 Å². The molecule has 1 N–H and O–H groups in total. The van der Waals surface area contributed by atoms with Crippen molar-refractivity contribution in [3.63, 3.8) is 0 Å². The lowest BCUT2D eigenvalue weighted by Crippen LogP contribution is -2.39. The minimum Gasteiger partial charge on any atom is -0.497 e. The van der Waals surface area contributed by atoms with E-state index < -0.39 is 0 Å². The molecule has 0 aliphatic carbocycles. The molecule has 0 amide bonds. The van der Waals surface area contributed by atoms with Crippen LogP contribution < -0.4 is 4.74 Å². The van der Waals surface area contributed by atoms with Gasteiger partial charge < -0.3 is 9.84 Å². The van der Waals surface area contributed by atoms with E-state index in [1.165, 1.54) is 11.1 Å². The molecule has 3 rings (SSSR count). The van der Waals surface area contributed by atoms with Crippen LogP contribution in [0.5, 0.6) is 5.75 Å². The highest BCUT2D eigenvalue weighted by atomic mass is 16.5. The summed E-state index contributed by atoms with van der Waals surface area (Å²) >= 11 is 0. The summed E-state index contributed by atoms with van der Waals surface area (Å²) in [6.45, 7) is 2.23. The number of rotatable bonds is 5. The lowest BCUT2D eigenvalue weighted by molar-refractivity contribution is 0.0494. The molecule has 1 heterocycles. The normalized spacial score (nSPS) is 22.0. The fourth-order valence-electron chi connectivity index (χ4n) is 3.62. The predicted molar refractivity (Wildman–Crippen MR) is 92.4 cm³/mol. The van der Waals surface area contributed by atoms with Crippen molar-refractivity contribution in [1.29, 1.82) is 0 Å². The Bertz CT molecular complexity index is 597. The van der Waals surface area contributed by atoms with Gasteiger partial charge in [0.2, 0.25) is 0 Å². The second-order valence-electron chi connectivity index (χ2n) is 6.26. The Hall–Kier alpha value is -1.84. The smallest absolute Gasteiger partial charge is 0.118 e. The molecule has 1 aliphatic heterocycles. The van der Waals surface area contributed by atoms with Crippen molar-refractivity contribution in [1.82, 2.24) is 4.90 Å². The van der Waals surface area contributed by atoms with E-state index in [4.69, 9.17) is 4.74 Å².